The third-order valence-electron chi connectivity index (χ3n) is 3.24. The van der Waals surface area contributed by atoms with Gasteiger partial charge in [-0.25, -0.2) is 0 Å². The summed E-state index contributed by atoms with van der Waals surface area (Å²) < 4.78 is 0. The molecule has 0 saturated carbocycles. The Hall–Kier alpha value is -0.870. The van der Waals surface area contributed by atoms with Gasteiger partial charge >= 0.3 is 0 Å². The number of likely N-dealkylation sites (tertiary alicyclic amines) is 1. The molecule has 0 atom stereocenters. The van der Waals surface area contributed by atoms with Crippen molar-refractivity contribution in [3.05, 3.63) is 21.4 Å². The minimum Gasteiger partial charge on any atom is -0.386 e. The largest absolute Gasteiger partial charge is 0.386 e. The number of aliphatic hydroxyl groups is 1. The quantitative estimate of drug-likeness (QED) is 0.898. The molecular weight excluding hydrogens is 234 g/mol. The summed E-state index contributed by atoms with van der Waals surface area (Å²) in [5.41, 5.74) is 0.162. The van der Waals surface area contributed by atoms with E-state index < -0.39 is 5.60 Å². The third-order valence-corrected chi connectivity index (χ3v) is 4.21. The van der Waals surface area contributed by atoms with E-state index >= 15 is 0 Å². The molecule has 0 radical (unpaired) electrons. The van der Waals surface area contributed by atoms with Gasteiger partial charge in [-0.15, -0.1) is 11.3 Å². The van der Waals surface area contributed by atoms with E-state index in [9.17, 15) is 9.90 Å². The first-order valence-electron chi connectivity index (χ1n) is 6.04. The summed E-state index contributed by atoms with van der Waals surface area (Å²) in [5, 5.41) is 10.1. The number of hydrogen-bond donors (Lipinski definition) is 1. The van der Waals surface area contributed by atoms with Crippen LogP contribution in [0.4, 0.5) is 0 Å². The van der Waals surface area contributed by atoms with Crippen LogP contribution in [-0.4, -0.2) is 34.6 Å². The van der Waals surface area contributed by atoms with Crippen LogP contribution in [0.2, 0.25) is 0 Å². The molecule has 1 aromatic heterocycles. The highest BCUT2D eigenvalue weighted by molar-refractivity contribution is 7.12. The van der Waals surface area contributed by atoms with E-state index in [-0.39, 0.29) is 5.91 Å². The van der Waals surface area contributed by atoms with Crippen LogP contribution in [0.1, 0.15) is 39.9 Å². The van der Waals surface area contributed by atoms with E-state index in [1.54, 1.807) is 16.2 Å². The molecule has 1 saturated heterocycles. The minimum absolute atomic E-state index is 0.0626. The molecule has 17 heavy (non-hydrogen) atoms. The number of β-amino-alcohol motifs (C(OH)–C–C–N with tert-alkyl or cyclic N) is 1. The van der Waals surface area contributed by atoms with Gasteiger partial charge in [0.1, 0.15) is 0 Å². The monoisotopic (exact) mass is 253 g/mol. The van der Waals surface area contributed by atoms with E-state index in [1.165, 1.54) is 0 Å². The van der Waals surface area contributed by atoms with Gasteiger partial charge in [0.15, 0.2) is 0 Å². The summed E-state index contributed by atoms with van der Waals surface area (Å²) in [6.07, 6.45) is 1.73. The summed E-state index contributed by atoms with van der Waals surface area (Å²) in [5.74, 6) is 0.0626. The van der Waals surface area contributed by atoms with Gasteiger partial charge in [0.25, 0.3) is 5.91 Å². The Morgan fingerprint density at radius 1 is 1.53 bits per heavy atom. The smallest absolute Gasteiger partial charge is 0.255 e. The van der Waals surface area contributed by atoms with Crippen LogP contribution in [0.15, 0.2) is 6.07 Å². The number of amides is 1. The first-order valence-corrected chi connectivity index (χ1v) is 6.85. The molecule has 3 nitrogen and oxygen atoms in total. The second-order valence-corrected chi connectivity index (χ2v) is 6.42. The Balaban J connectivity index is 2.02. The molecule has 1 N–H and O–H groups in total. The van der Waals surface area contributed by atoms with Gasteiger partial charge in [-0.1, -0.05) is 13.3 Å². The summed E-state index contributed by atoms with van der Waals surface area (Å²) in [7, 11) is 0. The summed E-state index contributed by atoms with van der Waals surface area (Å²) in [4.78, 5) is 16.1. The fourth-order valence-electron chi connectivity index (χ4n) is 2.44. The fraction of sp³-hybridized carbons (Fsp3) is 0.615. The summed E-state index contributed by atoms with van der Waals surface area (Å²) in [6, 6.07) is 1.94. The number of carbonyl (C=O) groups is 1. The lowest BCUT2D eigenvalue weighted by atomic mass is 9.89. The number of rotatable bonds is 3. The van der Waals surface area contributed by atoms with Crippen molar-refractivity contribution in [1.82, 2.24) is 4.90 Å². The van der Waals surface area contributed by atoms with Gasteiger partial charge in [-0.05, 0) is 26.3 Å². The molecule has 4 heteroatoms. The lowest BCUT2D eigenvalue weighted by Crippen LogP contribution is -2.63. The van der Waals surface area contributed by atoms with Crippen molar-refractivity contribution in [2.24, 2.45) is 0 Å². The number of nitrogens with zero attached hydrogens (tertiary/aromatic N) is 1. The number of aryl methyl sites for hydroxylation is 2. The molecule has 0 spiro atoms. The first kappa shape index (κ1) is 12.6. The van der Waals surface area contributed by atoms with Crippen LogP contribution in [0.3, 0.4) is 0 Å². The van der Waals surface area contributed by atoms with Crippen molar-refractivity contribution < 1.29 is 9.90 Å². The standard InChI is InChI=1S/C13H19NO2S/c1-4-5-13(16)7-14(8-13)12(15)11-6-9(2)17-10(11)3/h6,16H,4-5,7-8H2,1-3H3. The van der Waals surface area contributed by atoms with Crippen LogP contribution in [0, 0.1) is 13.8 Å². The van der Waals surface area contributed by atoms with Gasteiger partial charge in [0.2, 0.25) is 0 Å². The van der Waals surface area contributed by atoms with Crippen LogP contribution in [0.5, 0.6) is 0 Å². The summed E-state index contributed by atoms with van der Waals surface area (Å²) >= 11 is 1.65. The average Bonchev–Trinajstić information content (AvgIpc) is 2.53. The molecule has 1 aromatic rings. The van der Waals surface area contributed by atoms with E-state index in [0.717, 1.165) is 28.2 Å². The maximum atomic E-state index is 12.2. The normalized spacial score (nSPS) is 18.0. The minimum atomic E-state index is -0.636. The third kappa shape index (κ3) is 2.38. The molecule has 1 aliphatic heterocycles. The molecule has 2 rings (SSSR count). The zero-order valence-corrected chi connectivity index (χ0v) is 11.4. The van der Waals surface area contributed by atoms with Crippen molar-refractivity contribution >= 4 is 17.2 Å². The highest BCUT2D eigenvalue weighted by Crippen LogP contribution is 2.29. The molecule has 1 aliphatic rings. The van der Waals surface area contributed by atoms with Crippen molar-refractivity contribution in [2.45, 2.75) is 39.2 Å². The van der Waals surface area contributed by atoms with Crippen LogP contribution >= 0.6 is 11.3 Å². The Morgan fingerprint density at radius 3 is 2.65 bits per heavy atom. The van der Waals surface area contributed by atoms with E-state index in [0.29, 0.717) is 13.1 Å². The zero-order valence-electron chi connectivity index (χ0n) is 10.6. The molecule has 2 heterocycles. The van der Waals surface area contributed by atoms with Gasteiger partial charge < -0.3 is 10.0 Å². The fourth-order valence-corrected chi connectivity index (χ4v) is 3.36. The van der Waals surface area contributed by atoms with E-state index in [4.69, 9.17) is 0 Å². The molecule has 94 valence electrons. The Bertz CT molecular complexity index is 433. The highest BCUT2D eigenvalue weighted by Gasteiger charge is 2.43. The predicted molar refractivity (Wildman–Crippen MR) is 69.6 cm³/mol. The number of carbonyl (C=O) groups excluding carboxylic acids is 1. The predicted octanol–water partition coefficient (Wildman–Crippen LogP) is 2.35. The maximum Gasteiger partial charge on any atom is 0.255 e. The number of hydrogen-bond acceptors (Lipinski definition) is 3. The van der Waals surface area contributed by atoms with Crippen LogP contribution in [0.25, 0.3) is 0 Å². The average molecular weight is 253 g/mol. The molecule has 1 fully saturated rings. The first-order chi connectivity index (χ1) is 7.95. The lowest BCUT2D eigenvalue weighted by molar-refractivity contribution is -0.0860. The molecular formula is C13H19NO2S. The van der Waals surface area contributed by atoms with Gasteiger partial charge in [-0.3, -0.25) is 4.79 Å². The zero-order chi connectivity index (χ0) is 12.6. The second-order valence-electron chi connectivity index (χ2n) is 4.96. The molecule has 1 amide bonds. The summed E-state index contributed by atoms with van der Waals surface area (Å²) in [6.45, 7) is 7.00. The van der Waals surface area contributed by atoms with Gasteiger partial charge in [-0.2, -0.15) is 0 Å². The van der Waals surface area contributed by atoms with Crippen molar-refractivity contribution in [3.63, 3.8) is 0 Å². The molecule has 0 aromatic carbocycles. The SMILES string of the molecule is CCCC1(O)CN(C(=O)c2cc(C)sc2C)C1. The Labute approximate surface area is 106 Å². The highest BCUT2D eigenvalue weighted by atomic mass is 32.1. The molecule has 0 bridgehead atoms. The molecule has 0 aliphatic carbocycles. The number of thiophene rings is 1. The second kappa shape index (κ2) is 4.42. The topological polar surface area (TPSA) is 40.5 Å². The van der Waals surface area contributed by atoms with Crippen LogP contribution < -0.4 is 0 Å². The van der Waals surface area contributed by atoms with Crippen molar-refractivity contribution in [1.29, 1.82) is 0 Å². The Morgan fingerprint density at radius 2 is 2.18 bits per heavy atom. The van der Waals surface area contributed by atoms with Gasteiger partial charge in [0.05, 0.1) is 24.3 Å². The van der Waals surface area contributed by atoms with Gasteiger partial charge in [0, 0.05) is 9.75 Å². The lowest BCUT2D eigenvalue weighted by Gasteiger charge is -2.46. The van der Waals surface area contributed by atoms with E-state index in [2.05, 4.69) is 6.92 Å². The maximum absolute atomic E-state index is 12.2. The van der Waals surface area contributed by atoms with Crippen molar-refractivity contribution in [2.75, 3.05) is 13.1 Å². The van der Waals surface area contributed by atoms with Crippen molar-refractivity contribution in [3.8, 4) is 0 Å². The van der Waals surface area contributed by atoms with Crippen LogP contribution in [-0.2, 0) is 0 Å². The molecule has 0 unspecified atom stereocenters. The Kier molecular flexibility index (Phi) is 3.27. The van der Waals surface area contributed by atoms with E-state index in [1.807, 2.05) is 19.9 Å².